The topological polar surface area (TPSA) is 109 Å². The number of methoxy groups -OCH3 is 1. The molecule has 2 N–H and O–H groups in total. The number of ether oxygens (including phenoxy) is 2. The molecule has 1 aromatic carbocycles. The highest BCUT2D eigenvalue weighted by atomic mass is 16.5. The van der Waals surface area contributed by atoms with Crippen LogP contribution in [0.15, 0.2) is 54.9 Å². The van der Waals surface area contributed by atoms with Crippen molar-refractivity contribution in [2.24, 2.45) is 5.41 Å². The summed E-state index contributed by atoms with van der Waals surface area (Å²) in [7, 11) is 5.11. The summed E-state index contributed by atoms with van der Waals surface area (Å²) in [4.78, 5) is 26.1. The van der Waals surface area contributed by atoms with Gasteiger partial charge in [-0.1, -0.05) is 0 Å². The van der Waals surface area contributed by atoms with Crippen molar-refractivity contribution in [1.82, 2.24) is 29.8 Å². The normalized spacial score (nSPS) is 15.8. The Balaban J connectivity index is 1.25. The molecule has 1 spiro atoms. The van der Waals surface area contributed by atoms with Crippen molar-refractivity contribution >= 4 is 28.9 Å². The third-order valence-corrected chi connectivity index (χ3v) is 7.58. The van der Waals surface area contributed by atoms with Gasteiger partial charge in [-0.05, 0) is 55.4 Å². The molecule has 0 radical (unpaired) electrons. The summed E-state index contributed by atoms with van der Waals surface area (Å²) >= 11 is 0. The maximum atomic E-state index is 13.1. The molecule has 0 aliphatic carbocycles. The molecule has 0 atom stereocenters. The fourth-order valence-corrected chi connectivity index (χ4v) is 5.43. The minimum absolute atomic E-state index is 0.117. The van der Waals surface area contributed by atoms with Crippen LogP contribution in [-0.4, -0.2) is 91.0 Å². The lowest BCUT2D eigenvalue weighted by atomic mass is 9.79. The summed E-state index contributed by atoms with van der Waals surface area (Å²) in [5.41, 5.74) is 4.31. The number of aromatic nitrogens is 4. The van der Waals surface area contributed by atoms with E-state index in [0.29, 0.717) is 47.2 Å². The smallest absolute Gasteiger partial charge is 0.255 e. The number of benzene rings is 1. The van der Waals surface area contributed by atoms with Gasteiger partial charge in [0.1, 0.15) is 18.2 Å². The maximum absolute atomic E-state index is 13.1. The number of anilines is 3. The van der Waals surface area contributed by atoms with Crippen molar-refractivity contribution in [1.29, 1.82) is 0 Å². The summed E-state index contributed by atoms with van der Waals surface area (Å²) < 4.78 is 12.5. The number of amides is 1. The lowest BCUT2D eigenvalue weighted by Crippen LogP contribution is -2.57. The Labute approximate surface area is 233 Å². The van der Waals surface area contributed by atoms with Gasteiger partial charge >= 0.3 is 0 Å². The number of hydrogen-bond acceptors (Lipinski definition) is 9. The van der Waals surface area contributed by atoms with E-state index in [1.165, 1.54) is 6.42 Å². The molecule has 0 bridgehead atoms. The number of hydrogen-bond donors (Lipinski definition) is 2. The van der Waals surface area contributed by atoms with Gasteiger partial charge in [0, 0.05) is 51.8 Å². The third kappa shape index (κ3) is 5.05. The summed E-state index contributed by atoms with van der Waals surface area (Å²) in [6.45, 7) is 5.32. The van der Waals surface area contributed by atoms with E-state index in [1.54, 1.807) is 36.8 Å². The first kappa shape index (κ1) is 26.0. The minimum atomic E-state index is -0.117. The Morgan fingerprint density at radius 1 is 1.10 bits per heavy atom. The molecule has 3 aromatic heterocycles. The average molecular weight is 543 g/mol. The molecular formula is C29H34N8O3. The zero-order chi connectivity index (χ0) is 27.7. The van der Waals surface area contributed by atoms with E-state index in [1.807, 2.05) is 42.6 Å². The van der Waals surface area contributed by atoms with Gasteiger partial charge in [0.2, 0.25) is 5.95 Å². The maximum Gasteiger partial charge on any atom is 0.255 e. The molecule has 2 fully saturated rings. The van der Waals surface area contributed by atoms with Crippen LogP contribution in [0.5, 0.6) is 5.75 Å². The Morgan fingerprint density at radius 2 is 1.93 bits per heavy atom. The third-order valence-electron chi connectivity index (χ3n) is 7.58. The van der Waals surface area contributed by atoms with Crippen LogP contribution in [-0.2, 0) is 4.74 Å². The highest BCUT2D eigenvalue weighted by Gasteiger charge is 2.44. The van der Waals surface area contributed by atoms with Crippen molar-refractivity contribution < 1.29 is 14.3 Å². The number of carbonyl (C=O) groups is 1. The van der Waals surface area contributed by atoms with Crippen molar-refractivity contribution in [3.05, 3.63) is 60.4 Å². The van der Waals surface area contributed by atoms with Gasteiger partial charge in [-0.2, -0.15) is 0 Å². The zero-order valence-electron chi connectivity index (χ0n) is 23.1. The highest BCUT2D eigenvalue weighted by Crippen LogP contribution is 2.39. The Bertz CT molecular complexity index is 1490. The van der Waals surface area contributed by atoms with Crippen LogP contribution in [0.25, 0.3) is 16.8 Å². The SMILES string of the molecule is COCCOc1ccc(-c2c(C(=O)N(C)C)cc3cnc(Nc4ccc(N5CC6(CCNC6)C5)cn4)nn23)cc1. The molecule has 1 amide bonds. The van der Waals surface area contributed by atoms with Crippen molar-refractivity contribution in [2.45, 2.75) is 6.42 Å². The number of rotatable bonds is 9. The van der Waals surface area contributed by atoms with Gasteiger partial charge in [0.25, 0.3) is 5.91 Å². The molecular weight excluding hydrogens is 508 g/mol. The largest absolute Gasteiger partial charge is 0.491 e. The lowest BCUT2D eigenvalue weighted by Gasteiger charge is -2.49. The van der Waals surface area contributed by atoms with Crippen molar-refractivity contribution in [3.8, 4) is 17.0 Å². The summed E-state index contributed by atoms with van der Waals surface area (Å²) in [6, 6.07) is 13.4. The summed E-state index contributed by atoms with van der Waals surface area (Å²) in [5, 5.41) is 11.4. The molecule has 0 saturated carbocycles. The second-order valence-corrected chi connectivity index (χ2v) is 10.7. The minimum Gasteiger partial charge on any atom is -0.491 e. The fourth-order valence-electron chi connectivity index (χ4n) is 5.43. The van der Waals surface area contributed by atoms with Gasteiger partial charge in [-0.25, -0.2) is 14.5 Å². The summed E-state index contributed by atoms with van der Waals surface area (Å²) in [5.74, 6) is 1.64. The van der Waals surface area contributed by atoms with Crippen LogP contribution in [0.3, 0.4) is 0 Å². The number of nitrogens with one attached hydrogen (secondary N) is 2. The van der Waals surface area contributed by atoms with E-state index < -0.39 is 0 Å². The number of fused-ring (bicyclic) bond motifs is 1. The zero-order valence-corrected chi connectivity index (χ0v) is 23.1. The van der Waals surface area contributed by atoms with Gasteiger partial charge in [-0.3, -0.25) is 4.79 Å². The second kappa shape index (κ2) is 10.7. The van der Waals surface area contributed by atoms with E-state index in [4.69, 9.17) is 14.6 Å². The van der Waals surface area contributed by atoms with E-state index in [-0.39, 0.29) is 5.91 Å². The highest BCUT2D eigenvalue weighted by molar-refractivity contribution is 6.02. The molecule has 2 aliphatic heterocycles. The molecule has 2 aliphatic rings. The molecule has 6 rings (SSSR count). The van der Waals surface area contributed by atoms with Crippen LogP contribution >= 0.6 is 0 Å². The Hall–Kier alpha value is -4.22. The van der Waals surface area contributed by atoms with Gasteiger partial charge < -0.3 is 29.9 Å². The van der Waals surface area contributed by atoms with Crippen LogP contribution in [0.2, 0.25) is 0 Å². The van der Waals surface area contributed by atoms with Gasteiger partial charge in [-0.15, -0.1) is 5.10 Å². The van der Waals surface area contributed by atoms with Crippen molar-refractivity contribution in [3.63, 3.8) is 0 Å². The first-order valence-electron chi connectivity index (χ1n) is 13.5. The van der Waals surface area contributed by atoms with E-state index >= 15 is 0 Å². The lowest BCUT2D eigenvalue weighted by molar-refractivity contribution is 0.0828. The van der Waals surface area contributed by atoms with Crippen LogP contribution in [0, 0.1) is 5.41 Å². The molecule has 4 aromatic rings. The monoisotopic (exact) mass is 542 g/mol. The van der Waals surface area contributed by atoms with Crippen molar-refractivity contribution in [2.75, 3.05) is 70.8 Å². The number of pyridine rings is 1. The first-order valence-corrected chi connectivity index (χ1v) is 13.5. The predicted octanol–water partition coefficient (Wildman–Crippen LogP) is 3.06. The van der Waals surface area contributed by atoms with Crippen LogP contribution in [0.4, 0.5) is 17.5 Å². The van der Waals surface area contributed by atoms with E-state index in [2.05, 4.69) is 31.6 Å². The van der Waals surface area contributed by atoms with E-state index in [0.717, 1.165) is 43.2 Å². The quantitative estimate of drug-likeness (QED) is 0.309. The second-order valence-electron chi connectivity index (χ2n) is 10.7. The molecule has 208 valence electrons. The first-order chi connectivity index (χ1) is 19.4. The molecule has 11 heteroatoms. The molecule has 40 heavy (non-hydrogen) atoms. The predicted molar refractivity (Wildman–Crippen MR) is 153 cm³/mol. The van der Waals surface area contributed by atoms with Crippen LogP contribution in [0.1, 0.15) is 16.8 Å². The molecule has 0 unspecified atom stereocenters. The average Bonchev–Trinajstić information content (AvgIpc) is 3.58. The summed E-state index contributed by atoms with van der Waals surface area (Å²) in [6.07, 6.45) is 4.84. The number of carbonyl (C=O) groups excluding carboxylic acids is 1. The molecule has 11 nitrogen and oxygen atoms in total. The number of nitrogens with zero attached hydrogens (tertiary/aromatic N) is 6. The Morgan fingerprint density at radius 3 is 2.60 bits per heavy atom. The van der Waals surface area contributed by atoms with Crippen LogP contribution < -0.4 is 20.3 Å². The standard InChI is InChI=1S/C29H34N8O3/c1-35(2)27(38)24-14-22-16-32-28(34-37(22)26(24)20-4-7-23(8-5-20)40-13-12-39-3)33-25-9-6-21(15-31-25)36-18-29(19-36)10-11-30-17-29/h4-9,14-16,30H,10-13,17-19H2,1-3H3,(H,31,33,34). The molecule has 5 heterocycles. The fraction of sp³-hybridized carbons (Fsp3) is 0.379. The Kier molecular flexibility index (Phi) is 6.99. The van der Waals surface area contributed by atoms with Gasteiger partial charge in [0.05, 0.1) is 41.5 Å². The molecule has 2 saturated heterocycles. The van der Waals surface area contributed by atoms with Gasteiger partial charge in [0.15, 0.2) is 0 Å². The van der Waals surface area contributed by atoms with E-state index in [9.17, 15) is 4.79 Å².